The van der Waals surface area contributed by atoms with Crippen LogP contribution >= 0.6 is 0 Å². The van der Waals surface area contributed by atoms with Crippen LogP contribution in [0.2, 0.25) is 0 Å². The van der Waals surface area contributed by atoms with Crippen LogP contribution in [0.1, 0.15) is 42.4 Å². The molecule has 2 aliphatic rings. The lowest BCUT2D eigenvalue weighted by Gasteiger charge is -2.55. The molecule has 0 N–H and O–H groups in total. The molecule has 1 saturated carbocycles. The molecule has 1 aromatic carbocycles. The van der Waals surface area contributed by atoms with Gasteiger partial charge in [0.15, 0.2) is 0 Å². The van der Waals surface area contributed by atoms with Crippen molar-refractivity contribution in [3.05, 3.63) is 34.9 Å². The van der Waals surface area contributed by atoms with E-state index in [1.54, 1.807) is 0 Å². The first kappa shape index (κ1) is 12.7. The second kappa shape index (κ2) is 4.35. The van der Waals surface area contributed by atoms with Crippen molar-refractivity contribution in [2.45, 2.75) is 44.9 Å². The van der Waals surface area contributed by atoms with Gasteiger partial charge in [-0.1, -0.05) is 29.3 Å². The highest BCUT2D eigenvalue weighted by molar-refractivity contribution is 5.42. The summed E-state index contributed by atoms with van der Waals surface area (Å²) >= 11 is 0. The maximum Gasteiger partial charge on any atom is 0.0833 e. The Morgan fingerprint density at radius 3 is 2.16 bits per heavy atom. The van der Waals surface area contributed by atoms with Gasteiger partial charge in [-0.15, -0.1) is 0 Å². The van der Waals surface area contributed by atoms with Crippen molar-refractivity contribution in [2.75, 3.05) is 13.2 Å². The monoisotopic (exact) mass is 255 g/mol. The van der Waals surface area contributed by atoms with Gasteiger partial charge in [0, 0.05) is 13.2 Å². The average molecular weight is 255 g/mol. The predicted octanol–water partition coefficient (Wildman–Crippen LogP) is 3.66. The number of rotatable bonds is 1. The van der Waals surface area contributed by atoms with Crippen molar-refractivity contribution in [1.29, 1.82) is 5.26 Å². The van der Waals surface area contributed by atoms with Crippen molar-refractivity contribution in [2.24, 2.45) is 5.41 Å². The largest absolute Gasteiger partial charge is 0.381 e. The summed E-state index contributed by atoms with van der Waals surface area (Å²) in [6.45, 7) is 5.97. The third-order valence-corrected chi connectivity index (χ3v) is 4.90. The van der Waals surface area contributed by atoms with Gasteiger partial charge < -0.3 is 4.74 Å². The fourth-order valence-corrected chi connectivity index (χ4v) is 3.99. The first-order valence-electron chi connectivity index (χ1n) is 7.15. The highest BCUT2D eigenvalue weighted by atomic mass is 16.5. The van der Waals surface area contributed by atoms with Gasteiger partial charge in [0.2, 0.25) is 0 Å². The molecule has 0 atom stereocenters. The molecule has 2 heteroatoms. The van der Waals surface area contributed by atoms with Crippen LogP contribution in [0.4, 0.5) is 0 Å². The normalized spacial score (nSPS) is 23.6. The van der Waals surface area contributed by atoms with Crippen LogP contribution in [0.3, 0.4) is 0 Å². The van der Waals surface area contributed by atoms with E-state index < -0.39 is 0 Å². The molecule has 2 nitrogen and oxygen atoms in total. The average Bonchev–Trinajstić information content (AvgIpc) is 2.35. The Labute approximate surface area is 115 Å². The summed E-state index contributed by atoms with van der Waals surface area (Å²) in [5.41, 5.74) is 3.89. The maximum absolute atomic E-state index is 9.70. The van der Waals surface area contributed by atoms with E-state index in [0.29, 0.717) is 5.41 Å². The Morgan fingerprint density at radius 2 is 1.63 bits per heavy atom. The molecule has 1 heterocycles. The third-order valence-electron chi connectivity index (χ3n) is 4.90. The van der Waals surface area contributed by atoms with E-state index in [2.05, 4.69) is 38.1 Å². The number of hydrogen-bond acceptors (Lipinski definition) is 2. The molecule has 100 valence electrons. The van der Waals surface area contributed by atoms with Gasteiger partial charge in [-0.25, -0.2) is 0 Å². The van der Waals surface area contributed by atoms with Gasteiger partial charge in [-0.05, 0) is 50.5 Å². The van der Waals surface area contributed by atoms with E-state index in [4.69, 9.17) is 4.74 Å². The van der Waals surface area contributed by atoms with E-state index >= 15 is 0 Å². The van der Waals surface area contributed by atoms with Gasteiger partial charge >= 0.3 is 0 Å². The fraction of sp³-hybridized carbons (Fsp3) is 0.588. The van der Waals surface area contributed by atoms with E-state index in [0.717, 1.165) is 38.9 Å². The molecule has 0 radical (unpaired) electrons. The number of ether oxygens (including phenoxy) is 1. The highest BCUT2D eigenvalue weighted by Crippen LogP contribution is 2.60. The Hall–Kier alpha value is -1.33. The zero-order valence-corrected chi connectivity index (χ0v) is 11.8. The topological polar surface area (TPSA) is 33.0 Å². The van der Waals surface area contributed by atoms with Gasteiger partial charge in [0.25, 0.3) is 0 Å². The van der Waals surface area contributed by atoms with E-state index in [1.807, 2.05) is 0 Å². The van der Waals surface area contributed by atoms with Crippen molar-refractivity contribution in [1.82, 2.24) is 0 Å². The zero-order valence-electron chi connectivity index (χ0n) is 11.8. The Morgan fingerprint density at radius 1 is 1.05 bits per heavy atom. The minimum atomic E-state index is -0.242. The Kier molecular flexibility index (Phi) is 2.91. The molecule has 1 aromatic rings. The van der Waals surface area contributed by atoms with Crippen LogP contribution in [-0.2, 0) is 10.2 Å². The number of nitriles is 1. The number of aryl methyl sites for hydroxylation is 2. The first-order chi connectivity index (χ1) is 9.07. The molecule has 1 spiro atoms. The van der Waals surface area contributed by atoms with Crippen molar-refractivity contribution in [3.63, 3.8) is 0 Å². The van der Waals surface area contributed by atoms with Gasteiger partial charge in [0.1, 0.15) is 0 Å². The van der Waals surface area contributed by atoms with E-state index in [-0.39, 0.29) is 5.41 Å². The molecule has 1 saturated heterocycles. The van der Waals surface area contributed by atoms with Crippen LogP contribution in [-0.4, -0.2) is 13.2 Å². The van der Waals surface area contributed by atoms with Gasteiger partial charge in [0.05, 0.1) is 11.5 Å². The molecule has 0 bridgehead atoms. The highest BCUT2D eigenvalue weighted by Gasteiger charge is 2.56. The molecular weight excluding hydrogens is 234 g/mol. The smallest absolute Gasteiger partial charge is 0.0833 e. The fourth-order valence-electron chi connectivity index (χ4n) is 3.99. The van der Waals surface area contributed by atoms with Crippen LogP contribution in [0.25, 0.3) is 0 Å². The summed E-state index contributed by atoms with van der Waals surface area (Å²) in [5, 5.41) is 9.70. The molecular formula is C17H21NO. The lowest BCUT2D eigenvalue weighted by Crippen LogP contribution is -2.51. The summed E-state index contributed by atoms with van der Waals surface area (Å²) < 4.78 is 5.46. The first-order valence-corrected chi connectivity index (χ1v) is 7.15. The van der Waals surface area contributed by atoms with E-state index in [9.17, 15) is 5.26 Å². The summed E-state index contributed by atoms with van der Waals surface area (Å²) in [6, 6.07) is 9.19. The van der Waals surface area contributed by atoms with Crippen molar-refractivity contribution >= 4 is 0 Å². The van der Waals surface area contributed by atoms with Crippen molar-refractivity contribution in [3.8, 4) is 6.07 Å². The maximum atomic E-state index is 9.70. The lowest BCUT2D eigenvalue weighted by atomic mass is 9.48. The van der Waals surface area contributed by atoms with Crippen LogP contribution in [0.15, 0.2) is 18.2 Å². The Bertz CT molecular complexity index is 506. The minimum absolute atomic E-state index is 0.242. The molecule has 1 aliphatic heterocycles. The Balaban J connectivity index is 1.88. The van der Waals surface area contributed by atoms with Crippen LogP contribution < -0.4 is 0 Å². The molecule has 0 aromatic heterocycles. The lowest BCUT2D eigenvalue weighted by molar-refractivity contribution is -0.0578. The number of nitrogens with zero attached hydrogens (tertiary/aromatic N) is 1. The summed E-state index contributed by atoms with van der Waals surface area (Å²) in [4.78, 5) is 0. The zero-order chi connectivity index (χ0) is 13.5. The molecule has 1 aliphatic carbocycles. The quantitative estimate of drug-likeness (QED) is 0.767. The molecule has 3 rings (SSSR count). The third kappa shape index (κ3) is 2.07. The summed E-state index contributed by atoms with van der Waals surface area (Å²) in [7, 11) is 0. The van der Waals surface area contributed by atoms with Crippen molar-refractivity contribution < 1.29 is 4.74 Å². The summed E-state index contributed by atoms with van der Waals surface area (Å²) in [5.74, 6) is 0. The molecule has 0 amide bonds. The number of hydrogen-bond donors (Lipinski definition) is 0. The van der Waals surface area contributed by atoms with E-state index in [1.165, 1.54) is 16.7 Å². The van der Waals surface area contributed by atoms with Gasteiger partial charge in [-0.3, -0.25) is 0 Å². The SMILES string of the molecule is Cc1cc(C)cc(C2(C#N)CC3(CCOCC3)C2)c1. The molecule has 0 unspecified atom stereocenters. The molecule has 19 heavy (non-hydrogen) atoms. The van der Waals surface area contributed by atoms with Crippen LogP contribution in [0.5, 0.6) is 0 Å². The van der Waals surface area contributed by atoms with Gasteiger partial charge in [-0.2, -0.15) is 5.26 Å². The second-order valence-corrected chi connectivity index (χ2v) is 6.54. The summed E-state index contributed by atoms with van der Waals surface area (Å²) in [6.07, 6.45) is 4.29. The molecule has 2 fully saturated rings. The number of benzene rings is 1. The predicted molar refractivity (Wildman–Crippen MR) is 74.9 cm³/mol. The standard InChI is InChI=1S/C17H21NO/c1-13-7-14(2)9-15(8-13)17(12-18)10-16(11-17)3-5-19-6-4-16/h7-9H,3-6,10-11H2,1-2H3. The second-order valence-electron chi connectivity index (χ2n) is 6.54. The minimum Gasteiger partial charge on any atom is -0.381 e. The van der Waals surface area contributed by atoms with Crippen LogP contribution in [0, 0.1) is 30.6 Å².